The maximum atomic E-state index is 10.1. The fourth-order valence-corrected chi connectivity index (χ4v) is 2.72. The molecule has 100 valence electrons. The molecule has 0 aromatic heterocycles. The van der Waals surface area contributed by atoms with Crippen molar-refractivity contribution in [3.05, 3.63) is 29.3 Å². The van der Waals surface area contributed by atoms with E-state index in [-0.39, 0.29) is 17.6 Å². The fourth-order valence-electron chi connectivity index (χ4n) is 2.72. The van der Waals surface area contributed by atoms with Gasteiger partial charge in [-0.1, -0.05) is 31.5 Å². The average Bonchev–Trinajstić information content (AvgIpc) is 2.27. The van der Waals surface area contributed by atoms with Crippen LogP contribution in [0.2, 0.25) is 0 Å². The summed E-state index contributed by atoms with van der Waals surface area (Å²) in [7, 11) is 0. The predicted molar refractivity (Wildman–Crippen MR) is 74.0 cm³/mol. The maximum absolute atomic E-state index is 10.1. The van der Waals surface area contributed by atoms with Gasteiger partial charge in [0.1, 0.15) is 11.9 Å². The van der Waals surface area contributed by atoms with Gasteiger partial charge < -0.3 is 9.84 Å². The van der Waals surface area contributed by atoms with E-state index in [1.54, 1.807) is 0 Å². The molecule has 2 atom stereocenters. The lowest BCUT2D eigenvalue weighted by Crippen LogP contribution is -2.41. The lowest BCUT2D eigenvalue weighted by atomic mass is 9.75. The molecule has 0 radical (unpaired) electrons. The van der Waals surface area contributed by atoms with Crippen molar-refractivity contribution in [2.45, 2.75) is 59.2 Å². The first-order valence-electron chi connectivity index (χ1n) is 6.79. The minimum absolute atomic E-state index is 0.0739. The van der Waals surface area contributed by atoms with Gasteiger partial charge in [0.25, 0.3) is 0 Å². The Morgan fingerprint density at radius 3 is 2.67 bits per heavy atom. The molecule has 1 aliphatic rings. The van der Waals surface area contributed by atoms with Gasteiger partial charge in [-0.3, -0.25) is 0 Å². The molecule has 0 heterocycles. The van der Waals surface area contributed by atoms with Gasteiger partial charge in [0, 0.05) is 0 Å². The van der Waals surface area contributed by atoms with Crippen LogP contribution in [-0.2, 0) is 0 Å². The molecule has 1 aromatic rings. The van der Waals surface area contributed by atoms with Gasteiger partial charge in [-0.05, 0) is 50.2 Å². The highest BCUT2D eigenvalue weighted by Crippen LogP contribution is 2.37. The third-order valence-electron chi connectivity index (χ3n) is 3.91. The molecular weight excluding hydrogens is 224 g/mol. The van der Waals surface area contributed by atoms with Crippen molar-refractivity contribution < 1.29 is 9.84 Å². The Morgan fingerprint density at radius 1 is 1.28 bits per heavy atom. The first-order chi connectivity index (χ1) is 8.37. The summed E-state index contributed by atoms with van der Waals surface area (Å²) >= 11 is 0. The van der Waals surface area contributed by atoms with Crippen molar-refractivity contribution >= 4 is 0 Å². The Morgan fingerprint density at radius 2 is 2.00 bits per heavy atom. The van der Waals surface area contributed by atoms with E-state index in [4.69, 9.17) is 4.74 Å². The molecule has 0 spiro atoms. The number of rotatable bonds is 2. The zero-order valence-electron chi connectivity index (χ0n) is 11.9. The van der Waals surface area contributed by atoms with Crippen molar-refractivity contribution in [3.63, 3.8) is 0 Å². The Bertz CT molecular complexity index is 423. The summed E-state index contributed by atoms with van der Waals surface area (Å²) < 4.78 is 6.04. The highest BCUT2D eigenvalue weighted by Gasteiger charge is 2.35. The van der Waals surface area contributed by atoms with Crippen molar-refractivity contribution in [1.82, 2.24) is 0 Å². The molecule has 2 rings (SSSR count). The summed E-state index contributed by atoms with van der Waals surface area (Å²) in [5, 5.41) is 10.1. The number of aliphatic hydroxyl groups is 1. The fraction of sp³-hybridized carbons (Fsp3) is 0.625. The minimum atomic E-state index is -0.335. The van der Waals surface area contributed by atoms with Crippen LogP contribution in [0, 0.1) is 19.3 Å². The summed E-state index contributed by atoms with van der Waals surface area (Å²) in [4.78, 5) is 0. The van der Waals surface area contributed by atoms with Gasteiger partial charge in [0.05, 0.1) is 6.10 Å². The summed E-state index contributed by atoms with van der Waals surface area (Å²) in [6.45, 7) is 8.63. The van der Waals surface area contributed by atoms with Gasteiger partial charge in [-0.25, -0.2) is 0 Å². The van der Waals surface area contributed by atoms with E-state index in [9.17, 15) is 5.11 Å². The van der Waals surface area contributed by atoms with Crippen LogP contribution in [0.15, 0.2) is 18.2 Å². The van der Waals surface area contributed by atoms with E-state index in [0.29, 0.717) is 0 Å². The largest absolute Gasteiger partial charge is 0.487 e. The van der Waals surface area contributed by atoms with Crippen LogP contribution in [0.5, 0.6) is 5.75 Å². The second kappa shape index (κ2) is 4.93. The number of aliphatic hydroxyl groups excluding tert-OH is 1. The Labute approximate surface area is 110 Å². The van der Waals surface area contributed by atoms with Crippen LogP contribution < -0.4 is 4.74 Å². The van der Waals surface area contributed by atoms with E-state index < -0.39 is 0 Å². The number of hydrogen-bond acceptors (Lipinski definition) is 2. The summed E-state index contributed by atoms with van der Waals surface area (Å²) in [6.07, 6.45) is 2.42. The zero-order valence-corrected chi connectivity index (χ0v) is 11.9. The van der Waals surface area contributed by atoms with E-state index in [1.807, 2.05) is 6.07 Å². The van der Waals surface area contributed by atoms with E-state index in [1.165, 1.54) is 5.56 Å². The molecular formula is C16H24O2. The molecule has 1 saturated carbocycles. The zero-order chi connectivity index (χ0) is 13.3. The molecule has 1 aliphatic carbocycles. The quantitative estimate of drug-likeness (QED) is 0.866. The lowest BCUT2D eigenvalue weighted by molar-refractivity contribution is -0.0307. The van der Waals surface area contributed by atoms with E-state index in [0.717, 1.165) is 30.6 Å². The smallest absolute Gasteiger partial charge is 0.125 e. The predicted octanol–water partition coefficient (Wildman–Crippen LogP) is 3.62. The first kappa shape index (κ1) is 13.4. The van der Waals surface area contributed by atoms with Gasteiger partial charge in [0.15, 0.2) is 0 Å². The maximum Gasteiger partial charge on any atom is 0.125 e. The van der Waals surface area contributed by atoms with Crippen LogP contribution >= 0.6 is 0 Å². The summed E-state index contributed by atoms with van der Waals surface area (Å²) in [6, 6.07) is 6.19. The number of benzene rings is 1. The van der Waals surface area contributed by atoms with Crippen molar-refractivity contribution in [2.75, 3.05) is 0 Å². The van der Waals surface area contributed by atoms with Gasteiger partial charge in [0.2, 0.25) is 0 Å². The summed E-state index contributed by atoms with van der Waals surface area (Å²) in [5.74, 6) is 0.905. The van der Waals surface area contributed by atoms with Crippen molar-refractivity contribution in [3.8, 4) is 5.75 Å². The third-order valence-corrected chi connectivity index (χ3v) is 3.91. The van der Waals surface area contributed by atoms with Crippen molar-refractivity contribution in [1.29, 1.82) is 0 Å². The second-order valence-corrected chi connectivity index (χ2v) is 6.40. The van der Waals surface area contributed by atoms with Crippen LogP contribution in [0.4, 0.5) is 0 Å². The number of hydrogen-bond donors (Lipinski definition) is 1. The Balaban J connectivity index is 2.12. The number of ether oxygens (including phenoxy) is 1. The van der Waals surface area contributed by atoms with Crippen LogP contribution in [0.1, 0.15) is 44.2 Å². The van der Waals surface area contributed by atoms with Crippen LogP contribution in [0.3, 0.4) is 0 Å². The first-order valence-corrected chi connectivity index (χ1v) is 6.79. The Kier molecular flexibility index (Phi) is 3.67. The molecule has 0 saturated heterocycles. The average molecular weight is 248 g/mol. The number of aryl methyl sites for hydroxylation is 2. The topological polar surface area (TPSA) is 29.5 Å². The second-order valence-electron chi connectivity index (χ2n) is 6.40. The highest BCUT2D eigenvalue weighted by atomic mass is 16.5. The van der Waals surface area contributed by atoms with E-state index >= 15 is 0 Å². The van der Waals surface area contributed by atoms with Gasteiger partial charge in [-0.2, -0.15) is 0 Å². The molecule has 2 unspecified atom stereocenters. The van der Waals surface area contributed by atoms with Crippen molar-refractivity contribution in [2.24, 2.45) is 5.41 Å². The van der Waals surface area contributed by atoms with Crippen LogP contribution in [0.25, 0.3) is 0 Å². The molecule has 1 N–H and O–H groups in total. The summed E-state index contributed by atoms with van der Waals surface area (Å²) in [5.41, 5.74) is 2.65. The normalized spacial score (nSPS) is 26.9. The van der Waals surface area contributed by atoms with Gasteiger partial charge >= 0.3 is 0 Å². The molecule has 0 aliphatic heterocycles. The molecule has 2 nitrogen and oxygen atoms in total. The molecule has 1 aromatic carbocycles. The minimum Gasteiger partial charge on any atom is -0.487 e. The molecule has 18 heavy (non-hydrogen) atoms. The van der Waals surface area contributed by atoms with Crippen LogP contribution in [-0.4, -0.2) is 17.3 Å². The molecule has 2 heteroatoms. The van der Waals surface area contributed by atoms with E-state index in [2.05, 4.69) is 39.8 Å². The highest BCUT2D eigenvalue weighted by molar-refractivity contribution is 5.35. The monoisotopic (exact) mass is 248 g/mol. The lowest BCUT2D eigenvalue weighted by Gasteiger charge is -2.38. The standard InChI is InChI=1S/C16H24O2/c1-11-5-6-14(12(2)9-11)18-15-10-16(3,4)8-7-13(15)17/h5-6,9,13,15,17H,7-8,10H2,1-4H3. The SMILES string of the molecule is Cc1ccc(OC2CC(C)(C)CCC2O)c(C)c1. The molecule has 1 fully saturated rings. The molecule has 0 bridgehead atoms. The Hall–Kier alpha value is -1.02. The third kappa shape index (κ3) is 3.05. The van der Waals surface area contributed by atoms with Gasteiger partial charge in [-0.15, -0.1) is 0 Å². The molecule has 0 amide bonds.